The van der Waals surface area contributed by atoms with Gasteiger partial charge in [0.05, 0.1) is 18.7 Å². The minimum atomic E-state index is -0.484. The van der Waals surface area contributed by atoms with Crippen LogP contribution < -0.4 is 14.8 Å². The van der Waals surface area contributed by atoms with Crippen molar-refractivity contribution in [1.82, 2.24) is 0 Å². The van der Waals surface area contributed by atoms with Crippen molar-refractivity contribution < 1.29 is 18.7 Å². The van der Waals surface area contributed by atoms with Crippen LogP contribution in [0.15, 0.2) is 40.9 Å². The maximum Gasteiger partial charge on any atom is 0.255 e. The molecule has 0 saturated heterocycles. The molecule has 0 atom stereocenters. The van der Waals surface area contributed by atoms with Crippen LogP contribution in [0.2, 0.25) is 0 Å². The number of halogens is 2. The molecule has 2 rings (SSSR count). The summed E-state index contributed by atoms with van der Waals surface area (Å²) in [6, 6.07) is 9.09. The van der Waals surface area contributed by atoms with Crippen LogP contribution in [0, 0.1) is 5.82 Å². The maximum absolute atomic E-state index is 13.3. The molecule has 0 radical (unpaired) electrons. The average Bonchev–Trinajstić information content (AvgIpc) is 2.49. The van der Waals surface area contributed by atoms with Gasteiger partial charge in [-0.25, -0.2) is 4.39 Å². The van der Waals surface area contributed by atoms with Gasteiger partial charge < -0.3 is 14.8 Å². The lowest BCUT2D eigenvalue weighted by atomic mass is 10.2. The van der Waals surface area contributed by atoms with Crippen molar-refractivity contribution in [3.63, 3.8) is 0 Å². The van der Waals surface area contributed by atoms with E-state index in [4.69, 9.17) is 9.47 Å². The van der Waals surface area contributed by atoms with E-state index < -0.39 is 5.82 Å². The zero-order chi connectivity index (χ0) is 15.4. The van der Waals surface area contributed by atoms with E-state index in [1.807, 2.05) is 0 Å². The van der Waals surface area contributed by atoms with Gasteiger partial charge in [0.1, 0.15) is 5.75 Å². The van der Waals surface area contributed by atoms with Gasteiger partial charge in [-0.2, -0.15) is 0 Å². The Morgan fingerprint density at radius 3 is 2.43 bits per heavy atom. The fourth-order valence-electron chi connectivity index (χ4n) is 1.75. The lowest BCUT2D eigenvalue weighted by molar-refractivity contribution is 0.102. The quantitative estimate of drug-likeness (QED) is 0.907. The van der Waals surface area contributed by atoms with Gasteiger partial charge in [0.2, 0.25) is 0 Å². The predicted molar refractivity (Wildman–Crippen MR) is 81.6 cm³/mol. The van der Waals surface area contributed by atoms with Crippen LogP contribution in [0.3, 0.4) is 0 Å². The van der Waals surface area contributed by atoms with Crippen molar-refractivity contribution in [2.24, 2.45) is 0 Å². The first kappa shape index (κ1) is 15.3. The number of rotatable bonds is 4. The summed E-state index contributed by atoms with van der Waals surface area (Å²) in [5, 5.41) is 2.68. The maximum atomic E-state index is 13.3. The molecule has 0 saturated carbocycles. The van der Waals surface area contributed by atoms with E-state index in [1.165, 1.54) is 25.3 Å². The van der Waals surface area contributed by atoms with Gasteiger partial charge in [0.25, 0.3) is 5.91 Å². The highest BCUT2D eigenvalue weighted by molar-refractivity contribution is 9.10. The topological polar surface area (TPSA) is 47.6 Å². The third-order valence-electron chi connectivity index (χ3n) is 2.82. The number of ether oxygens (including phenoxy) is 2. The first-order valence-corrected chi connectivity index (χ1v) is 6.83. The molecule has 6 heteroatoms. The van der Waals surface area contributed by atoms with Crippen LogP contribution in [0.4, 0.5) is 10.1 Å². The Morgan fingerprint density at radius 1 is 1.10 bits per heavy atom. The number of hydrogen-bond donors (Lipinski definition) is 1. The van der Waals surface area contributed by atoms with Crippen LogP contribution in [0.1, 0.15) is 10.4 Å². The molecule has 0 aliphatic heterocycles. The van der Waals surface area contributed by atoms with Crippen LogP contribution >= 0.6 is 15.9 Å². The SMILES string of the molecule is COc1cc(NC(=O)c2ccc(OC)c(Br)c2)ccc1F. The van der Waals surface area contributed by atoms with E-state index in [2.05, 4.69) is 21.2 Å². The Kier molecular flexibility index (Phi) is 4.80. The normalized spacial score (nSPS) is 10.1. The smallest absolute Gasteiger partial charge is 0.255 e. The second kappa shape index (κ2) is 6.58. The lowest BCUT2D eigenvalue weighted by Gasteiger charge is -2.09. The number of amides is 1. The van der Waals surface area contributed by atoms with Crippen LogP contribution in [0.5, 0.6) is 11.5 Å². The second-order valence-corrected chi connectivity index (χ2v) is 5.01. The summed E-state index contributed by atoms with van der Waals surface area (Å²) in [6.07, 6.45) is 0. The highest BCUT2D eigenvalue weighted by atomic mass is 79.9. The van der Waals surface area contributed by atoms with Crippen molar-refractivity contribution in [3.8, 4) is 11.5 Å². The average molecular weight is 354 g/mol. The summed E-state index contributed by atoms with van der Waals surface area (Å²) in [5.74, 6) is -0.0894. The van der Waals surface area contributed by atoms with Crippen molar-refractivity contribution in [1.29, 1.82) is 0 Å². The first-order valence-electron chi connectivity index (χ1n) is 6.03. The molecule has 0 spiro atoms. The molecular weight excluding hydrogens is 341 g/mol. The summed E-state index contributed by atoms with van der Waals surface area (Å²) >= 11 is 3.32. The lowest BCUT2D eigenvalue weighted by Crippen LogP contribution is -2.12. The van der Waals surface area contributed by atoms with Crippen molar-refractivity contribution in [3.05, 3.63) is 52.3 Å². The van der Waals surface area contributed by atoms with Crippen LogP contribution in [-0.2, 0) is 0 Å². The molecule has 21 heavy (non-hydrogen) atoms. The Bertz CT molecular complexity index is 676. The van der Waals surface area contributed by atoms with E-state index in [0.29, 0.717) is 21.5 Å². The molecule has 0 heterocycles. The van der Waals surface area contributed by atoms with Crippen molar-refractivity contribution >= 4 is 27.5 Å². The van der Waals surface area contributed by atoms with Gasteiger partial charge in [0, 0.05) is 17.3 Å². The molecule has 0 fully saturated rings. The summed E-state index contributed by atoms with van der Waals surface area (Å²) in [7, 11) is 2.91. The number of benzene rings is 2. The van der Waals surface area contributed by atoms with Crippen molar-refractivity contribution in [2.45, 2.75) is 0 Å². The monoisotopic (exact) mass is 353 g/mol. The standard InChI is InChI=1S/C15H13BrFNO3/c1-20-13-6-3-9(7-11(13)16)15(19)18-10-4-5-12(17)14(8-10)21-2/h3-8H,1-2H3,(H,18,19). The largest absolute Gasteiger partial charge is 0.496 e. The zero-order valence-electron chi connectivity index (χ0n) is 11.4. The first-order chi connectivity index (χ1) is 10.0. The Morgan fingerprint density at radius 2 is 1.81 bits per heavy atom. The molecule has 2 aromatic rings. The van der Waals surface area contributed by atoms with E-state index in [-0.39, 0.29) is 11.7 Å². The van der Waals surface area contributed by atoms with Gasteiger partial charge >= 0.3 is 0 Å². The molecular formula is C15H13BrFNO3. The number of methoxy groups -OCH3 is 2. The fourth-order valence-corrected chi connectivity index (χ4v) is 2.29. The third kappa shape index (κ3) is 3.52. The van der Waals surface area contributed by atoms with E-state index in [0.717, 1.165) is 0 Å². The number of hydrogen-bond acceptors (Lipinski definition) is 3. The van der Waals surface area contributed by atoms with Gasteiger partial charge in [-0.3, -0.25) is 4.79 Å². The molecule has 0 bridgehead atoms. The number of nitrogens with one attached hydrogen (secondary N) is 1. The summed E-state index contributed by atoms with van der Waals surface area (Å²) < 4.78 is 24.0. The van der Waals surface area contributed by atoms with Crippen molar-refractivity contribution in [2.75, 3.05) is 19.5 Å². The molecule has 0 unspecified atom stereocenters. The number of anilines is 1. The zero-order valence-corrected chi connectivity index (χ0v) is 13.0. The van der Waals surface area contributed by atoms with Gasteiger partial charge in [-0.15, -0.1) is 0 Å². The second-order valence-electron chi connectivity index (χ2n) is 4.15. The fraction of sp³-hybridized carbons (Fsp3) is 0.133. The minimum Gasteiger partial charge on any atom is -0.496 e. The highest BCUT2D eigenvalue weighted by Crippen LogP contribution is 2.26. The van der Waals surface area contributed by atoms with Crippen LogP contribution in [-0.4, -0.2) is 20.1 Å². The summed E-state index contributed by atoms with van der Waals surface area (Å²) in [5.41, 5.74) is 0.899. The molecule has 2 aromatic carbocycles. The van der Waals surface area contributed by atoms with Gasteiger partial charge in [-0.05, 0) is 46.3 Å². The molecule has 110 valence electrons. The number of carbonyl (C=O) groups excluding carboxylic acids is 1. The molecule has 0 aliphatic rings. The third-order valence-corrected chi connectivity index (χ3v) is 3.44. The highest BCUT2D eigenvalue weighted by Gasteiger charge is 2.11. The molecule has 4 nitrogen and oxygen atoms in total. The van der Waals surface area contributed by atoms with E-state index in [1.54, 1.807) is 25.3 Å². The van der Waals surface area contributed by atoms with Gasteiger partial charge in [0.15, 0.2) is 11.6 Å². The Labute approximate surface area is 130 Å². The molecule has 0 aromatic heterocycles. The Balaban J connectivity index is 2.19. The van der Waals surface area contributed by atoms with Crippen LogP contribution in [0.25, 0.3) is 0 Å². The molecule has 0 aliphatic carbocycles. The summed E-state index contributed by atoms with van der Waals surface area (Å²) in [4.78, 5) is 12.1. The van der Waals surface area contributed by atoms with Gasteiger partial charge in [-0.1, -0.05) is 0 Å². The van der Waals surface area contributed by atoms with E-state index >= 15 is 0 Å². The molecule has 1 N–H and O–H groups in total. The Hall–Kier alpha value is -2.08. The molecule has 1 amide bonds. The number of carbonyl (C=O) groups is 1. The minimum absolute atomic E-state index is 0.0729. The summed E-state index contributed by atoms with van der Waals surface area (Å²) in [6.45, 7) is 0. The predicted octanol–water partition coefficient (Wildman–Crippen LogP) is 3.86. The van der Waals surface area contributed by atoms with E-state index in [9.17, 15) is 9.18 Å².